The van der Waals surface area contributed by atoms with Crippen molar-refractivity contribution in [2.45, 2.75) is 18.7 Å². The zero-order valence-electron chi connectivity index (χ0n) is 15.0. The van der Waals surface area contributed by atoms with Gasteiger partial charge in [0.05, 0.1) is 10.3 Å². The fraction of sp³-hybridized carbons (Fsp3) is 0.111. The number of fused-ring (bicyclic) bond motifs is 1. The van der Waals surface area contributed by atoms with E-state index in [-0.39, 0.29) is 10.8 Å². The van der Waals surface area contributed by atoms with Crippen molar-refractivity contribution in [2.75, 3.05) is 10.0 Å². The third kappa shape index (κ3) is 3.51. The second kappa shape index (κ2) is 7.13. The van der Waals surface area contributed by atoms with E-state index in [0.29, 0.717) is 5.82 Å². The quantitative estimate of drug-likeness (QED) is 0.515. The number of anilines is 3. The first-order chi connectivity index (χ1) is 13.4. The van der Waals surface area contributed by atoms with Crippen LogP contribution < -0.4 is 10.0 Å². The third-order valence-corrected chi connectivity index (χ3v) is 6.64. The van der Waals surface area contributed by atoms with Gasteiger partial charge in [-0.2, -0.15) is 0 Å². The lowest BCUT2D eigenvalue weighted by Crippen LogP contribution is -2.14. The molecule has 4 rings (SSSR count). The predicted octanol–water partition coefficient (Wildman–Crippen LogP) is 3.64. The molecule has 0 radical (unpaired) electrons. The van der Waals surface area contributed by atoms with Crippen LogP contribution in [0, 0.1) is 13.8 Å². The van der Waals surface area contributed by atoms with E-state index < -0.39 is 10.0 Å². The van der Waals surface area contributed by atoms with Gasteiger partial charge in [0.2, 0.25) is 5.95 Å². The minimum Gasteiger partial charge on any atom is -0.340 e. The summed E-state index contributed by atoms with van der Waals surface area (Å²) in [6.07, 6.45) is 4.45. The van der Waals surface area contributed by atoms with E-state index in [2.05, 4.69) is 36.9 Å². The summed E-state index contributed by atoms with van der Waals surface area (Å²) in [5.41, 5.74) is 1.85. The van der Waals surface area contributed by atoms with Gasteiger partial charge in [0, 0.05) is 23.0 Å². The zero-order valence-corrected chi connectivity index (χ0v) is 16.7. The highest BCUT2D eigenvalue weighted by Gasteiger charge is 2.16. The maximum atomic E-state index is 12.5. The molecule has 0 bridgehead atoms. The monoisotopic (exact) mass is 412 g/mol. The number of nitrogens with zero attached hydrogens (tertiary/aromatic N) is 4. The number of hydrogen-bond acceptors (Lipinski definition) is 8. The number of benzene rings is 1. The number of rotatable bonds is 5. The molecule has 4 aromatic rings. The van der Waals surface area contributed by atoms with Crippen molar-refractivity contribution in [1.82, 2.24) is 19.9 Å². The molecular formula is C18H16N6O2S2. The first kappa shape index (κ1) is 18.3. The highest BCUT2D eigenvalue weighted by Crippen LogP contribution is 2.33. The summed E-state index contributed by atoms with van der Waals surface area (Å²) in [4.78, 5) is 18.6. The molecule has 2 N–H and O–H groups in total. The van der Waals surface area contributed by atoms with Gasteiger partial charge in [0.1, 0.15) is 17.0 Å². The SMILES string of the molecule is Cc1sc2ncnc(Nc3ccc(S(=O)(=O)Nc4ncccn4)cc3)c2c1C. The lowest BCUT2D eigenvalue weighted by Gasteiger charge is -2.09. The Balaban J connectivity index is 1.59. The number of nitrogens with one attached hydrogen (secondary N) is 2. The minimum atomic E-state index is -3.77. The normalized spacial score (nSPS) is 11.5. The van der Waals surface area contributed by atoms with Crippen LogP contribution in [0.4, 0.5) is 17.5 Å². The smallest absolute Gasteiger partial charge is 0.264 e. The molecule has 0 spiro atoms. The Morgan fingerprint density at radius 3 is 2.39 bits per heavy atom. The molecule has 0 saturated heterocycles. The van der Waals surface area contributed by atoms with E-state index in [0.717, 1.165) is 21.5 Å². The maximum absolute atomic E-state index is 12.5. The summed E-state index contributed by atoms with van der Waals surface area (Å²) in [7, 11) is -3.77. The lowest BCUT2D eigenvalue weighted by molar-refractivity contribution is 0.601. The maximum Gasteiger partial charge on any atom is 0.264 e. The Bertz CT molecular complexity index is 1240. The molecule has 10 heteroatoms. The minimum absolute atomic E-state index is 0.0244. The molecular weight excluding hydrogens is 396 g/mol. The molecule has 28 heavy (non-hydrogen) atoms. The number of hydrogen-bond donors (Lipinski definition) is 2. The topological polar surface area (TPSA) is 110 Å². The van der Waals surface area contributed by atoms with E-state index >= 15 is 0 Å². The fourth-order valence-electron chi connectivity index (χ4n) is 2.66. The van der Waals surface area contributed by atoms with Gasteiger partial charge in [-0.3, -0.25) is 0 Å². The molecule has 0 saturated carbocycles. The van der Waals surface area contributed by atoms with Crippen LogP contribution in [0.2, 0.25) is 0 Å². The van der Waals surface area contributed by atoms with E-state index in [1.165, 1.54) is 35.7 Å². The molecule has 3 heterocycles. The highest BCUT2D eigenvalue weighted by molar-refractivity contribution is 7.92. The zero-order chi connectivity index (χ0) is 19.7. The van der Waals surface area contributed by atoms with Crippen LogP contribution in [-0.4, -0.2) is 28.4 Å². The summed E-state index contributed by atoms with van der Waals surface area (Å²) in [5, 5.41) is 4.22. The second-order valence-electron chi connectivity index (χ2n) is 6.01. The fourth-order valence-corrected chi connectivity index (χ4v) is 4.62. The highest BCUT2D eigenvalue weighted by atomic mass is 32.2. The summed E-state index contributed by atoms with van der Waals surface area (Å²) in [6.45, 7) is 4.09. The van der Waals surface area contributed by atoms with Crippen molar-refractivity contribution in [3.05, 3.63) is 59.5 Å². The Morgan fingerprint density at radius 2 is 1.68 bits per heavy atom. The Kier molecular flexibility index (Phi) is 4.65. The number of aryl methyl sites for hydroxylation is 2. The van der Waals surface area contributed by atoms with Gasteiger partial charge in [-0.05, 0) is 49.7 Å². The van der Waals surface area contributed by atoms with Gasteiger partial charge in [-0.25, -0.2) is 33.1 Å². The molecule has 0 atom stereocenters. The van der Waals surface area contributed by atoms with E-state index in [4.69, 9.17) is 0 Å². The predicted molar refractivity (Wildman–Crippen MR) is 109 cm³/mol. The van der Waals surface area contributed by atoms with Crippen LogP contribution in [0.25, 0.3) is 10.2 Å². The summed E-state index contributed by atoms with van der Waals surface area (Å²) in [5.74, 6) is 0.717. The average molecular weight is 413 g/mol. The van der Waals surface area contributed by atoms with E-state index in [1.54, 1.807) is 29.5 Å². The van der Waals surface area contributed by atoms with Crippen LogP contribution in [0.1, 0.15) is 10.4 Å². The summed E-state index contributed by atoms with van der Waals surface area (Å²) >= 11 is 1.62. The van der Waals surface area contributed by atoms with Gasteiger partial charge < -0.3 is 5.32 Å². The Morgan fingerprint density at radius 1 is 0.964 bits per heavy atom. The summed E-state index contributed by atoms with van der Waals surface area (Å²) in [6, 6.07) is 8.00. The molecule has 0 fully saturated rings. The molecule has 142 valence electrons. The van der Waals surface area contributed by atoms with Crippen molar-refractivity contribution in [3.63, 3.8) is 0 Å². The first-order valence-electron chi connectivity index (χ1n) is 8.32. The van der Waals surface area contributed by atoms with Gasteiger partial charge in [-0.15, -0.1) is 11.3 Å². The molecule has 1 aromatic carbocycles. The molecule has 0 aliphatic rings. The number of thiophene rings is 1. The van der Waals surface area contributed by atoms with Crippen LogP contribution in [0.3, 0.4) is 0 Å². The van der Waals surface area contributed by atoms with Crippen LogP contribution in [-0.2, 0) is 10.0 Å². The van der Waals surface area contributed by atoms with E-state index in [1.807, 2.05) is 6.92 Å². The van der Waals surface area contributed by atoms with Crippen molar-refractivity contribution in [3.8, 4) is 0 Å². The van der Waals surface area contributed by atoms with Crippen molar-refractivity contribution in [1.29, 1.82) is 0 Å². The first-order valence-corrected chi connectivity index (χ1v) is 10.6. The molecule has 8 nitrogen and oxygen atoms in total. The van der Waals surface area contributed by atoms with Gasteiger partial charge in [-0.1, -0.05) is 0 Å². The molecule has 0 aliphatic carbocycles. The summed E-state index contributed by atoms with van der Waals surface area (Å²) < 4.78 is 27.3. The third-order valence-electron chi connectivity index (χ3n) is 4.18. The standard InChI is InChI=1S/C18H16N6O2S2/c1-11-12(2)27-17-15(11)16(21-10-22-17)23-13-4-6-14(7-5-13)28(25,26)24-18-19-8-3-9-20-18/h3-10H,1-2H3,(H,19,20,24)(H,21,22,23). The van der Waals surface area contributed by atoms with Crippen LogP contribution in [0.15, 0.2) is 53.9 Å². The lowest BCUT2D eigenvalue weighted by atomic mass is 10.2. The number of sulfonamides is 1. The van der Waals surface area contributed by atoms with Crippen LogP contribution in [0.5, 0.6) is 0 Å². The van der Waals surface area contributed by atoms with Crippen molar-refractivity contribution < 1.29 is 8.42 Å². The second-order valence-corrected chi connectivity index (χ2v) is 8.90. The van der Waals surface area contributed by atoms with Gasteiger partial charge >= 0.3 is 0 Å². The molecule has 0 amide bonds. The molecule has 0 aliphatic heterocycles. The Hall–Kier alpha value is -3.11. The van der Waals surface area contributed by atoms with E-state index in [9.17, 15) is 8.42 Å². The Labute approximate surface area is 165 Å². The van der Waals surface area contributed by atoms with Gasteiger partial charge in [0.25, 0.3) is 10.0 Å². The largest absolute Gasteiger partial charge is 0.340 e. The van der Waals surface area contributed by atoms with Crippen molar-refractivity contribution >= 4 is 49.0 Å². The van der Waals surface area contributed by atoms with Gasteiger partial charge in [0.15, 0.2) is 0 Å². The molecule has 3 aromatic heterocycles. The van der Waals surface area contributed by atoms with Crippen LogP contribution >= 0.6 is 11.3 Å². The van der Waals surface area contributed by atoms with Crippen molar-refractivity contribution in [2.24, 2.45) is 0 Å². The average Bonchev–Trinajstić information content (AvgIpc) is 2.98. The number of aromatic nitrogens is 4. The molecule has 0 unspecified atom stereocenters.